The van der Waals surface area contributed by atoms with Crippen molar-refractivity contribution in [3.8, 4) is 11.4 Å². The van der Waals surface area contributed by atoms with Crippen LogP contribution in [-0.2, 0) is 0 Å². The number of aromatic nitrogens is 2. The van der Waals surface area contributed by atoms with Gasteiger partial charge in [-0.25, -0.2) is 4.98 Å². The summed E-state index contributed by atoms with van der Waals surface area (Å²) in [5.41, 5.74) is 2.37. The van der Waals surface area contributed by atoms with Gasteiger partial charge in [0.2, 0.25) is 0 Å². The molecule has 4 rings (SSSR count). The zero-order chi connectivity index (χ0) is 20.5. The molecule has 144 valence electrons. The molecule has 0 saturated carbocycles. The molecule has 0 bridgehead atoms. The Kier molecular flexibility index (Phi) is 4.60. The fourth-order valence-electron chi connectivity index (χ4n) is 3.30. The highest BCUT2D eigenvalue weighted by molar-refractivity contribution is 6.09. The number of nitrogens with one attached hydrogen (secondary N) is 1. The molecule has 2 aromatic heterocycles. The van der Waals surface area contributed by atoms with Gasteiger partial charge in [0, 0.05) is 11.9 Å². The molecule has 0 fully saturated rings. The number of carbonyl (C=O) groups excluding carboxylic acids is 1. The summed E-state index contributed by atoms with van der Waals surface area (Å²) in [7, 11) is 0. The molecule has 0 radical (unpaired) electrons. The van der Waals surface area contributed by atoms with E-state index in [9.17, 15) is 14.7 Å². The molecule has 0 aliphatic rings. The summed E-state index contributed by atoms with van der Waals surface area (Å²) >= 11 is 0. The van der Waals surface area contributed by atoms with Crippen molar-refractivity contribution < 1.29 is 9.90 Å². The normalized spacial score (nSPS) is 10.8. The molecule has 2 aromatic carbocycles. The first-order chi connectivity index (χ1) is 14.0. The molecular formula is C23H19N3O3. The molecule has 0 saturated heterocycles. The predicted octanol–water partition coefficient (Wildman–Crippen LogP) is 3.96. The van der Waals surface area contributed by atoms with Gasteiger partial charge in [-0.15, -0.1) is 0 Å². The Morgan fingerprint density at radius 3 is 2.52 bits per heavy atom. The molecule has 2 heterocycles. The fourth-order valence-corrected chi connectivity index (χ4v) is 3.30. The van der Waals surface area contributed by atoms with E-state index in [1.165, 1.54) is 10.8 Å². The second-order valence-electron chi connectivity index (χ2n) is 6.78. The second-order valence-corrected chi connectivity index (χ2v) is 6.78. The van der Waals surface area contributed by atoms with Crippen molar-refractivity contribution in [1.82, 2.24) is 9.55 Å². The molecule has 29 heavy (non-hydrogen) atoms. The summed E-state index contributed by atoms with van der Waals surface area (Å²) in [6.07, 6.45) is 1.54. The maximum Gasteiger partial charge on any atom is 0.273 e. The number of aryl methyl sites for hydroxylation is 1. The maximum absolute atomic E-state index is 13.3. The number of aromatic hydroxyl groups is 1. The molecule has 6 heteroatoms. The average Bonchev–Trinajstić information content (AvgIpc) is 2.72. The van der Waals surface area contributed by atoms with Crippen LogP contribution in [0.2, 0.25) is 0 Å². The van der Waals surface area contributed by atoms with Crippen LogP contribution in [0.5, 0.6) is 5.75 Å². The lowest BCUT2D eigenvalue weighted by Gasteiger charge is -2.15. The van der Waals surface area contributed by atoms with Crippen molar-refractivity contribution in [2.24, 2.45) is 0 Å². The first kappa shape index (κ1) is 18.4. The molecule has 0 aliphatic carbocycles. The molecule has 6 nitrogen and oxygen atoms in total. The molecule has 2 N–H and O–H groups in total. The van der Waals surface area contributed by atoms with Gasteiger partial charge in [0.05, 0.1) is 11.1 Å². The Morgan fingerprint density at radius 2 is 1.76 bits per heavy atom. The predicted molar refractivity (Wildman–Crippen MR) is 113 cm³/mol. The number of para-hydroxylation sites is 1. The van der Waals surface area contributed by atoms with E-state index in [0.717, 1.165) is 11.1 Å². The van der Waals surface area contributed by atoms with E-state index in [1.54, 1.807) is 42.5 Å². The Morgan fingerprint density at radius 1 is 1.00 bits per heavy atom. The van der Waals surface area contributed by atoms with Crippen LogP contribution in [-0.4, -0.2) is 20.6 Å². The van der Waals surface area contributed by atoms with Gasteiger partial charge in [-0.05, 0) is 55.3 Å². The molecule has 0 unspecified atom stereocenters. The van der Waals surface area contributed by atoms with Crippen molar-refractivity contribution in [2.45, 2.75) is 13.8 Å². The van der Waals surface area contributed by atoms with Gasteiger partial charge in [0.25, 0.3) is 11.5 Å². The topological polar surface area (TPSA) is 84.2 Å². The zero-order valence-corrected chi connectivity index (χ0v) is 16.0. The maximum atomic E-state index is 13.3. The number of anilines is 1. The van der Waals surface area contributed by atoms with E-state index >= 15 is 0 Å². The number of fused-ring (bicyclic) bond motifs is 1. The summed E-state index contributed by atoms with van der Waals surface area (Å²) in [6, 6.07) is 17.7. The summed E-state index contributed by atoms with van der Waals surface area (Å²) in [5.74, 6) is -1.05. The number of nitrogens with zero attached hydrogens (tertiary/aromatic N) is 2. The number of carbonyl (C=O) groups is 1. The minimum atomic E-state index is -0.670. The van der Waals surface area contributed by atoms with E-state index in [2.05, 4.69) is 10.3 Å². The van der Waals surface area contributed by atoms with Gasteiger partial charge in [0.1, 0.15) is 11.3 Å². The molecule has 4 aromatic rings. The van der Waals surface area contributed by atoms with Gasteiger partial charge in [-0.2, -0.15) is 0 Å². The molecule has 0 atom stereocenters. The van der Waals surface area contributed by atoms with Crippen LogP contribution >= 0.6 is 0 Å². The number of rotatable bonds is 3. The van der Waals surface area contributed by atoms with E-state index < -0.39 is 11.5 Å². The summed E-state index contributed by atoms with van der Waals surface area (Å²) in [5, 5.41) is 13.8. The summed E-state index contributed by atoms with van der Waals surface area (Å²) < 4.78 is 1.34. The van der Waals surface area contributed by atoms with Crippen molar-refractivity contribution >= 4 is 22.6 Å². The number of hydrogen-bond acceptors (Lipinski definition) is 4. The third kappa shape index (κ3) is 3.14. The molecule has 0 aliphatic heterocycles. The first-order valence-corrected chi connectivity index (χ1v) is 9.14. The second kappa shape index (κ2) is 7.24. The van der Waals surface area contributed by atoms with E-state index in [1.807, 2.05) is 32.0 Å². The van der Waals surface area contributed by atoms with Crippen LogP contribution in [0, 0.1) is 13.8 Å². The third-order valence-corrected chi connectivity index (χ3v) is 5.00. The summed E-state index contributed by atoms with van der Waals surface area (Å²) in [6.45, 7) is 3.82. The zero-order valence-electron chi connectivity index (χ0n) is 16.0. The van der Waals surface area contributed by atoms with Crippen LogP contribution in [0.25, 0.3) is 16.7 Å². The van der Waals surface area contributed by atoms with E-state index in [4.69, 9.17) is 0 Å². The number of pyridine rings is 2. The fraction of sp³-hybridized carbons (Fsp3) is 0.0870. The van der Waals surface area contributed by atoms with Crippen LogP contribution in [0.3, 0.4) is 0 Å². The van der Waals surface area contributed by atoms with Gasteiger partial charge < -0.3 is 10.4 Å². The minimum absolute atomic E-state index is 0.282. The average molecular weight is 385 g/mol. The van der Waals surface area contributed by atoms with Crippen molar-refractivity contribution in [3.63, 3.8) is 0 Å². The van der Waals surface area contributed by atoms with Crippen molar-refractivity contribution in [2.75, 3.05) is 5.32 Å². The van der Waals surface area contributed by atoms with Crippen molar-refractivity contribution in [1.29, 1.82) is 0 Å². The van der Waals surface area contributed by atoms with Gasteiger partial charge in [-0.3, -0.25) is 14.2 Å². The highest BCUT2D eigenvalue weighted by atomic mass is 16.3. The van der Waals surface area contributed by atoms with Gasteiger partial charge in [-0.1, -0.05) is 30.3 Å². The minimum Gasteiger partial charge on any atom is -0.506 e. The Hall–Kier alpha value is -3.93. The first-order valence-electron chi connectivity index (χ1n) is 9.14. The largest absolute Gasteiger partial charge is 0.506 e. The van der Waals surface area contributed by atoms with Crippen LogP contribution in [0.15, 0.2) is 71.7 Å². The number of amides is 1. The standard InChI is InChI=1S/C23H19N3O3/c1-14-8-6-12-18(15(14)2)25-22(28)19-20(27)17-11-7-13-24-21(17)26(23(19)29)16-9-4-3-5-10-16/h3-13,27H,1-2H3,(H,25,28). The van der Waals surface area contributed by atoms with Gasteiger partial charge >= 0.3 is 0 Å². The number of benzene rings is 2. The SMILES string of the molecule is Cc1cccc(NC(=O)c2c(O)c3cccnc3n(-c3ccccc3)c2=O)c1C. The Balaban J connectivity index is 1.94. The van der Waals surface area contributed by atoms with Crippen LogP contribution < -0.4 is 10.9 Å². The smallest absolute Gasteiger partial charge is 0.273 e. The monoisotopic (exact) mass is 385 g/mol. The van der Waals surface area contributed by atoms with E-state index in [-0.39, 0.29) is 17.0 Å². The van der Waals surface area contributed by atoms with Crippen LogP contribution in [0.4, 0.5) is 5.69 Å². The Labute approximate surface area is 167 Å². The molecular weight excluding hydrogens is 366 g/mol. The number of hydrogen-bond donors (Lipinski definition) is 2. The summed E-state index contributed by atoms with van der Waals surface area (Å²) in [4.78, 5) is 30.6. The molecule has 1 amide bonds. The van der Waals surface area contributed by atoms with Crippen LogP contribution in [0.1, 0.15) is 21.5 Å². The highest BCUT2D eigenvalue weighted by Crippen LogP contribution is 2.28. The third-order valence-electron chi connectivity index (χ3n) is 5.00. The lowest BCUT2D eigenvalue weighted by Crippen LogP contribution is -2.29. The van der Waals surface area contributed by atoms with Crippen molar-refractivity contribution in [3.05, 3.63) is 93.9 Å². The Bertz CT molecular complexity index is 1290. The van der Waals surface area contributed by atoms with Gasteiger partial charge in [0.15, 0.2) is 5.65 Å². The highest BCUT2D eigenvalue weighted by Gasteiger charge is 2.24. The lowest BCUT2D eigenvalue weighted by atomic mass is 10.1. The van der Waals surface area contributed by atoms with E-state index in [0.29, 0.717) is 16.8 Å². The quantitative estimate of drug-likeness (QED) is 0.559. The lowest BCUT2D eigenvalue weighted by molar-refractivity contribution is 0.102. The molecule has 0 spiro atoms.